The van der Waals surface area contributed by atoms with Crippen molar-refractivity contribution in [2.75, 3.05) is 19.7 Å². The van der Waals surface area contributed by atoms with E-state index in [-0.39, 0.29) is 12.1 Å². The molecule has 1 saturated heterocycles. The molecule has 0 bridgehead atoms. The van der Waals surface area contributed by atoms with Gasteiger partial charge in [-0.05, 0) is 45.2 Å². The monoisotopic (exact) mass is 423 g/mol. The van der Waals surface area contributed by atoms with Crippen LogP contribution in [0.25, 0.3) is 0 Å². The van der Waals surface area contributed by atoms with E-state index in [0.29, 0.717) is 6.61 Å². The lowest BCUT2D eigenvalue weighted by atomic mass is 10.0. The highest BCUT2D eigenvalue weighted by molar-refractivity contribution is 6.35. The molecule has 2 aromatic carbocycles. The van der Waals surface area contributed by atoms with Crippen molar-refractivity contribution in [3.05, 3.63) is 65.2 Å². The van der Waals surface area contributed by atoms with Crippen molar-refractivity contribution in [2.24, 2.45) is 0 Å². The number of nitrogens with zero attached hydrogens (tertiary/aromatic N) is 1. The first-order valence-electron chi connectivity index (χ1n) is 11.1. The van der Waals surface area contributed by atoms with E-state index in [1.165, 1.54) is 5.56 Å². The number of hydrogen-bond acceptors (Lipinski definition) is 4. The van der Waals surface area contributed by atoms with E-state index in [1.807, 2.05) is 45.0 Å². The Morgan fingerprint density at radius 3 is 2.48 bits per heavy atom. The number of carbonyl (C=O) groups excluding carboxylic acids is 2. The van der Waals surface area contributed by atoms with Crippen LogP contribution in [0.4, 0.5) is 0 Å². The third kappa shape index (κ3) is 6.56. The van der Waals surface area contributed by atoms with Crippen molar-refractivity contribution in [3.8, 4) is 5.75 Å². The van der Waals surface area contributed by atoms with E-state index in [4.69, 9.17) is 4.74 Å². The highest BCUT2D eigenvalue weighted by Crippen LogP contribution is 2.26. The van der Waals surface area contributed by atoms with Crippen LogP contribution in [0.2, 0.25) is 0 Å². The first-order chi connectivity index (χ1) is 15.0. The van der Waals surface area contributed by atoms with Gasteiger partial charge in [0.1, 0.15) is 5.75 Å². The van der Waals surface area contributed by atoms with Crippen LogP contribution < -0.4 is 15.4 Å². The van der Waals surface area contributed by atoms with Crippen LogP contribution in [0, 0.1) is 6.92 Å². The molecule has 31 heavy (non-hydrogen) atoms. The van der Waals surface area contributed by atoms with Crippen LogP contribution >= 0.6 is 0 Å². The summed E-state index contributed by atoms with van der Waals surface area (Å²) in [7, 11) is 0. The summed E-state index contributed by atoms with van der Waals surface area (Å²) in [5.41, 5.74) is 3.24. The van der Waals surface area contributed by atoms with Gasteiger partial charge in [-0.15, -0.1) is 0 Å². The van der Waals surface area contributed by atoms with Gasteiger partial charge >= 0.3 is 11.8 Å². The average molecular weight is 424 g/mol. The van der Waals surface area contributed by atoms with Crippen LogP contribution in [0.3, 0.4) is 0 Å². The van der Waals surface area contributed by atoms with Gasteiger partial charge in [0.05, 0.1) is 12.6 Å². The highest BCUT2D eigenvalue weighted by Gasteiger charge is 2.25. The largest absolute Gasteiger partial charge is 0.494 e. The molecule has 2 amide bonds. The SMILES string of the molecule is CCOc1ccc(C)cc1C(C)NC(=O)C(=O)NC1CCN(Cc2ccccc2)CC1. The number of benzene rings is 2. The van der Waals surface area contributed by atoms with Gasteiger partial charge in [-0.2, -0.15) is 0 Å². The maximum atomic E-state index is 12.5. The molecule has 0 spiro atoms. The van der Waals surface area contributed by atoms with E-state index >= 15 is 0 Å². The van der Waals surface area contributed by atoms with Crippen LogP contribution in [0.15, 0.2) is 48.5 Å². The number of hydrogen-bond donors (Lipinski definition) is 2. The smallest absolute Gasteiger partial charge is 0.309 e. The number of ether oxygens (including phenoxy) is 1. The fraction of sp³-hybridized carbons (Fsp3) is 0.440. The van der Waals surface area contributed by atoms with Gasteiger partial charge in [-0.3, -0.25) is 14.5 Å². The molecule has 0 aromatic heterocycles. The minimum atomic E-state index is -0.608. The van der Waals surface area contributed by atoms with E-state index in [1.54, 1.807) is 0 Å². The van der Waals surface area contributed by atoms with Gasteiger partial charge < -0.3 is 15.4 Å². The van der Waals surface area contributed by atoms with E-state index in [0.717, 1.165) is 49.4 Å². The Hall–Kier alpha value is -2.86. The number of rotatable bonds is 7. The lowest BCUT2D eigenvalue weighted by molar-refractivity contribution is -0.140. The van der Waals surface area contributed by atoms with Crippen molar-refractivity contribution in [1.29, 1.82) is 0 Å². The van der Waals surface area contributed by atoms with Crippen molar-refractivity contribution in [3.63, 3.8) is 0 Å². The molecular formula is C25H33N3O3. The van der Waals surface area contributed by atoms with E-state index < -0.39 is 11.8 Å². The summed E-state index contributed by atoms with van der Waals surface area (Å²) in [5.74, 6) is -0.450. The molecule has 2 N–H and O–H groups in total. The molecule has 1 atom stereocenters. The third-order valence-corrected chi connectivity index (χ3v) is 5.66. The Kier molecular flexibility index (Phi) is 8.06. The fourth-order valence-corrected chi connectivity index (χ4v) is 3.96. The van der Waals surface area contributed by atoms with Crippen LogP contribution in [0.1, 0.15) is 49.4 Å². The topological polar surface area (TPSA) is 70.7 Å². The Morgan fingerprint density at radius 2 is 1.81 bits per heavy atom. The summed E-state index contributed by atoms with van der Waals surface area (Å²) in [6.45, 7) is 9.04. The van der Waals surface area contributed by atoms with Crippen molar-refractivity contribution in [1.82, 2.24) is 15.5 Å². The zero-order valence-electron chi connectivity index (χ0n) is 18.7. The lowest BCUT2D eigenvalue weighted by Gasteiger charge is -2.32. The van der Waals surface area contributed by atoms with E-state index in [9.17, 15) is 9.59 Å². The molecule has 0 radical (unpaired) electrons. The minimum Gasteiger partial charge on any atom is -0.494 e. The quantitative estimate of drug-likeness (QED) is 0.670. The van der Waals surface area contributed by atoms with Gasteiger partial charge in [0.25, 0.3) is 0 Å². The summed E-state index contributed by atoms with van der Waals surface area (Å²) >= 11 is 0. The molecule has 1 aliphatic rings. The number of aryl methyl sites for hydroxylation is 1. The molecule has 3 rings (SSSR count). The van der Waals surface area contributed by atoms with Crippen molar-refractivity contribution >= 4 is 11.8 Å². The summed E-state index contributed by atoms with van der Waals surface area (Å²) < 4.78 is 5.67. The van der Waals surface area contributed by atoms with Crippen molar-refractivity contribution < 1.29 is 14.3 Å². The number of piperidine rings is 1. The Morgan fingerprint density at radius 1 is 1.10 bits per heavy atom. The molecule has 6 heteroatoms. The number of carbonyl (C=O) groups is 2. The minimum absolute atomic E-state index is 0.0264. The standard InChI is InChI=1S/C25H33N3O3/c1-4-31-23-11-10-18(2)16-22(23)19(3)26-24(29)25(30)27-21-12-14-28(15-13-21)17-20-8-6-5-7-9-20/h5-11,16,19,21H,4,12-15,17H2,1-3H3,(H,26,29)(H,27,30). The molecule has 1 heterocycles. The first kappa shape index (κ1) is 22.8. The summed E-state index contributed by atoms with van der Waals surface area (Å²) in [5, 5.41) is 5.71. The molecule has 1 unspecified atom stereocenters. The van der Waals surface area contributed by atoms with Gasteiger partial charge in [0, 0.05) is 31.2 Å². The Bertz CT molecular complexity index is 877. The summed E-state index contributed by atoms with van der Waals surface area (Å²) in [6.07, 6.45) is 1.68. The average Bonchev–Trinajstić information content (AvgIpc) is 2.77. The maximum Gasteiger partial charge on any atom is 0.309 e. The predicted octanol–water partition coefficient (Wildman–Crippen LogP) is 3.35. The van der Waals surface area contributed by atoms with Crippen LogP contribution in [0.5, 0.6) is 5.75 Å². The Balaban J connectivity index is 1.48. The van der Waals surface area contributed by atoms with Crippen LogP contribution in [-0.4, -0.2) is 42.5 Å². The summed E-state index contributed by atoms with van der Waals surface area (Å²) in [4.78, 5) is 27.3. The third-order valence-electron chi connectivity index (χ3n) is 5.66. The fourth-order valence-electron chi connectivity index (χ4n) is 3.96. The molecule has 0 saturated carbocycles. The van der Waals surface area contributed by atoms with Gasteiger partial charge in [-0.25, -0.2) is 0 Å². The normalized spacial score (nSPS) is 15.8. The molecule has 0 aliphatic carbocycles. The predicted molar refractivity (Wildman–Crippen MR) is 122 cm³/mol. The zero-order valence-corrected chi connectivity index (χ0v) is 18.7. The van der Waals surface area contributed by atoms with Crippen LogP contribution in [-0.2, 0) is 16.1 Å². The molecule has 1 fully saturated rings. The second kappa shape index (κ2) is 11.0. The second-order valence-corrected chi connectivity index (χ2v) is 8.18. The second-order valence-electron chi connectivity index (χ2n) is 8.18. The molecule has 1 aliphatic heterocycles. The first-order valence-corrected chi connectivity index (χ1v) is 11.1. The number of likely N-dealkylation sites (tertiary alicyclic amines) is 1. The van der Waals surface area contributed by atoms with Crippen molar-refractivity contribution in [2.45, 2.75) is 52.2 Å². The van der Waals surface area contributed by atoms with Gasteiger partial charge in [-0.1, -0.05) is 48.0 Å². The maximum absolute atomic E-state index is 12.5. The van der Waals surface area contributed by atoms with Gasteiger partial charge in [0.2, 0.25) is 0 Å². The number of nitrogens with one attached hydrogen (secondary N) is 2. The Labute approximate surface area is 185 Å². The molecule has 6 nitrogen and oxygen atoms in total. The number of amides is 2. The van der Waals surface area contributed by atoms with E-state index in [2.05, 4.69) is 39.8 Å². The molecule has 166 valence electrons. The highest BCUT2D eigenvalue weighted by atomic mass is 16.5. The zero-order chi connectivity index (χ0) is 22.2. The summed E-state index contributed by atoms with van der Waals surface area (Å²) in [6, 6.07) is 15.9. The lowest BCUT2D eigenvalue weighted by Crippen LogP contribution is -2.49. The molecule has 2 aromatic rings. The molecular weight excluding hydrogens is 390 g/mol. The van der Waals surface area contributed by atoms with Gasteiger partial charge in [0.15, 0.2) is 0 Å².